The topological polar surface area (TPSA) is 223 Å². The molecule has 4 aliphatic rings. The predicted molar refractivity (Wildman–Crippen MR) is 212 cm³/mol. The number of aliphatic hydroxyl groups is 3. The number of carbonyl (C=O) groups excluding carboxylic acids is 2. The normalized spacial score (nSPS) is 22.1. The number of piperazine rings is 1. The number of nitrogens with zero attached hydrogens (tertiary/aromatic N) is 9. The Morgan fingerprint density at radius 3 is 2.64 bits per heavy atom. The summed E-state index contributed by atoms with van der Waals surface area (Å²) in [6.45, 7) is 5.00. The number of carbonyl (C=O) groups is 2. The molecule has 6 N–H and O–H groups in total. The van der Waals surface area contributed by atoms with Crippen LogP contribution in [0.3, 0.4) is 0 Å². The van der Waals surface area contributed by atoms with E-state index >= 15 is 0 Å². The number of hydrogen-bond acceptors (Lipinski definition) is 14. The summed E-state index contributed by atoms with van der Waals surface area (Å²) in [5.41, 5.74) is 6.73. The van der Waals surface area contributed by atoms with E-state index < -0.39 is 30.8 Å². The van der Waals surface area contributed by atoms with Gasteiger partial charge in [-0.25, -0.2) is 14.3 Å². The van der Waals surface area contributed by atoms with Crippen molar-refractivity contribution < 1.29 is 29.4 Å². The number of pyridine rings is 1. The quantitative estimate of drug-likeness (QED) is 0.120. The SMILES string of the molecule is Cc1cc(NC(=O)Nc2cnc3ccnn3c2C2CCCC2)cnc1-c1noc(CCC(O)N2CCN(c3ccc4c(c3)CN(C3CCC(O)NC3O)C4=O)CC2)n1. The minimum absolute atomic E-state index is 0.102. The van der Waals surface area contributed by atoms with Gasteiger partial charge in [0.15, 0.2) is 5.65 Å². The maximum atomic E-state index is 13.2. The van der Waals surface area contributed by atoms with Gasteiger partial charge in [-0.15, -0.1) is 0 Å². The summed E-state index contributed by atoms with van der Waals surface area (Å²) in [7, 11) is 0. The van der Waals surface area contributed by atoms with E-state index in [1.54, 1.807) is 29.6 Å². The lowest BCUT2D eigenvalue weighted by molar-refractivity contribution is -0.0477. The molecule has 304 valence electrons. The highest BCUT2D eigenvalue weighted by Gasteiger charge is 2.39. The Kier molecular flexibility index (Phi) is 10.5. The van der Waals surface area contributed by atoms with Crippen molar-refractivity contribution in [2.75, 3.05) is 41.7 Å². The van der Waals surface area contributed by atoms with Crippen molar-refractivity contribution in [2.45, 2.75) is 95.5 Å². The van der Waals surface area contributed by atoms with Crippen molar-refractivity contribution in [1.29, 1.82) is 0 Å². The van der Waals surface area contributed by atoms with Crippen LogP contribution in [0.4, 0.5) is 21.9 Å². The van der Waals surface area contributed by atoms with Gasteiger partial charge in [0.05, 0.1) is 41.7 Å². The van der Waals surface area contributed by atoms with Gasteiger partial charge in [-0.1, -0.05) is 18.0 Å². The molecular weight excluding hydrogens is 745 g/mol. The molecule has 1 aromatic carbocycles. The van der Waals surface area contributed by atoms with E-state index in [-0.39, 0.29) is 5.91 Å². The lowest BCUT2D eigenvalue weighted by Crippen LogP contribution is -2.56. The van der Waals surface area contributed by atoms with Gasteiger partial charge in [-0.2, -0.15) is 10.1 Å². The van der Waals surface area contributed by atoms with E-state index in [9.17, 15) is 24.9 Å². The zero-order valence-electron chi connectivity index (χ0n) is 32.3. The van der Waals surface area contributed by atoms with Crippen molar-refractivity contribution >= 4 is 34.6 Å². The maximum Gasteiger partial charge on any atom is 0.323 e. The molecule has 0 bridgehead atoms. The average Bonchev–Trinajstić information content (AvgIpc) is 4.06. The molecule has 0 spiro atoms. The molecule has 4 atom stereocenters. The Labute approximate surface area is 334 Å². The van der Waals surface area contributed by atoms with Gasteiger partial charge in [0.1, 0.15) is 24.4 Å². The number of amides is 3. The zero-order chi connectivity index (χ0) is 39.9. The van der Waals surface area contributed by atoms with Crippen LogP contribution in [0.15, 0.2) is 53.4 Å². The van der Waals surface area contributed by atoms with Crippen molar-refractivity contribution in [2.24, 2.45) is 0 Å². The van der Waals surface area contributed by atoms with Crippen molar-refractivity contribution in [3.05, 3.63) is 77.2 Å². The molecule has 3 amide bonds. The first-order chi connectivity index (χ1) is 28.2. The van der Waals surface area contributed by atoms with E-state index in [1.807, 2.05) is 34.5 Å². The highest BCUT2D eigenvalue weighted by Crippen LogP contribution is 2.38. The Hall–Kier alpha value is -5.53. The second kappa shape index (κ2) is 16.0. The van der Waals surface area contributed by atoms with Crippen LogP contribution < -0.4 is 20.9 Å². The van der Waals surface area contributed by atoms with Crippen LogP contribution in [-0.4, -0.2) is 118 Å². The lowest BCUT2D eigenvalue weighted by Gasteiger charge is -2.38. The van der Waals surface area contributed by atoms with Gasteiger partial charge in [0.2, 0.25) is 11.7 Å². The molecule has 1 aliphatic carbocycles. The first-order valence-corrected chi connectivity index (χ1v) is 20.1. The molecular formula is C40H48N12O6. The number of aryl methyl sites for hydroxylation is 2. The first kappa shape index (κ1) is 38.0. The molecule has 0 radical (unpaired) electrons. The van der Waals surface area contributed by atoms with E-state index in [0.29, 0.717) is 98.7 Å². The summed E-state index contributed by atoms with van der Waals surface area (Å²) in [6, 6.07) is 8.73. The van der Waals surface area contributed by atoms with Crippen LogP contribution >= 0.6 is 0 Å². The van der Waals surface area contributed by atoms with Crippen LogP contribution in [0.1, 0.15) is 83.9 Å². The van der Waals surface area contributed by atoms with Crippen molar-refractivity contribution in [3.8, 4) is 11.5 Å². The van der Waals surface area contributed by atoms with Gasteiger partial charge in [-0.3, -0.25) is 20.0 Å². The summed E-state index contributed by atoms with van der Waals surface area (Å²) >= 11 is 0. The van der Waals surface area contributed by atoms with Crippen molar-refractivity contribution in [1.82, 2.24) is 44.8 Å². The molecule has 4 aromatic heterocycles. The highest BCUT2D eigenvalue weighted by molar-refractivity contribution is 6.00. The van der Waals surface area contributed by atoms with Crippen LogP contribution in [-0.2, 0) is 13.0 Å². The fraction of sp³-hybridized carbons (Fsp3) is 0.475. The summed E-state index contributed by atoms with van der Waals surface area (Å²) in [6.07, 6.45) is 8.69. The number of urea groups is 1. The van der Waals surface area contributed by atoms with E-state index in [2.05, 4.69) is 52.1 Å². The number of aliphatic hydroxyl groups excluding tert-OH is 3. The molecule has 3 fully saturated rings. The molecule has 18 heteroatoms. The standard InChI is InChI=1S/C40H48N12O6/c1-23-18-26(44-40(57)45-29-21-41-31-12-13-43-52(31)36(29)24-4-2-3-5-24)20-42-35(23)37-47-33(58-48-37)10-11-34(54)50-16-14-49(15-17-50)27-6-7-28-25(19-27)22-51(39(28)56)30-8-9-32(53)46-38(30)55/h6-7,12-13,18-21,24,30,32,34,38,46,53-55H,2-5,8-11,14-17,22H2,1H3,(H2,44,45,57). The summed E-state index contributed by atoms with van der Waals surface area (Å²) in [4.78, 5) is 45.8. The lowest BCUT2D eigenvalue weighted by atomic mass is 10.0. The first-order valence-electron chi connectivity index (χ1n) is 20.1. The number of rotatable bonds is 10. The van der Waals surface area contributed by atoms with E-state index in [1.165, 1.54) is 0 Å². The van der Waals surface area contributed by atoms with Crippen LogP contribution in [0, 0.1) is 6.92 Å². The Morgan fingerprint density at radius 1 is 1.02 bits per heavy atom. The molecule has 5 aromatic rings. The van der Waals surface area contributed by atoms with Crippen LogP contribution in [0.25, 0.3) is 17.2 Å². The minimum Gasteiger partial charge on any atom is -0.379 e. The van der Waals surface area contributed by atoms with E-state index in [0.717, 1.165) is 53.8 Å². The number of nitrogens with one attached hydrogen (secondary N) is 3. The number of hydrogen-bond donors (Lipinski definition) is 6. The molecule has 18 nitrogen and oxygen atoms in total. The third-order valence-electron chi connectivity index (χ3n) is 12.0. The smallest absolute Gasteiger partial charge is 0.323 e. The fourth-order valence-electron chi connectivity index (χ4n) is 8.91. The molecule has 7 heterocycles. The van der Waals surface area contributed by atoms with Gasteiger partial charge >= 0.3 is 6.03 Å². The summed E-state index contributed by atoms with van der Waals surface area (Å²) in [5, 5.41) is 48.6. The van der Waals surface area contributed by atoms with Gasteiger partial charge in [0.25, 0.3) is 5.91 Å². The largest absolute Gasteiger partial charge is 0.379 e. The zero-order valence-corrected chi connectivity index (χ0v) is 32.3. The van der Waals surface area contributed by atoms with Crippen LogP contribution in [0.2, 0.25) is 0 Å². The number of benzene rings is 1. The molecule has 58 heavy (non-hydrogen) atoms. The monoisotopic (exact) mass is 792 g/mol. The average molecular weight is 793 g/mol. The number of piperidine rings is 1. The Balaban J connectivity index is 0.757. The van der Waals surface area contributed by atoms with E-state index in [4.69, 9.17) is 4.52 Å². The second-order valence-corrected chi connectivity index (χ2v) is 15.7. The number of fused-ring (bicyclic) bond motifs is 2. The van der Waals surface area contributed by atoms with Gasteiger partial charge in [0, 0.05) is 62.4 Å². The minimum atomic E-state index is -0.975. The summed E-state index contributed by atoms with van der Waals surface area (Å²) in [5.74, 6) is 0.922. The maximum absolute atomic E-state index is 13.2. The highest BCUT2D eigenvalue weighted by atomic mass is 16.5. The van der Waals surface area contributed by atoms with Gasteiger partial charge < -0.3 is 40.3 Å². The second-order valence-electron chi connectivity index (χ2n) is 15.7. The molecule has 9 rings (SSSR count). The summed E-state index contributed by atoms with van der Waals surface area (Å²) < 4.78 is 7.36. The molecule has 3 aliphatic heterocycles. The van der Waals surface area contributed by atoms with Gasteiger partial charge in [-0.05, 0) is 74.4 Å². The molecule has 4 unspecified atom stereocenters. The third-order valence-corrected chi connectivity index (χ3v) is 12.0. The third kappa shape index (κ3) is 7.60. The predicted octanol–water partition coefficient (Wildman–Crippen LogP) is 3.20. The molecule has 2 saturated heterocycles. The Morgan fingerprint density at radius 2 is 1.84 bits per heavy atom. The number of anilines is 3. The Bertz CT molecular complexity index is 2300. The van der Waals surface area contributed by atoms with Crippen LogP contribution in [0.5, 0.6) is 0 Å². The number of aromatic nitrogens is 6. The van der Waals surface area contributed by atoms with Crippen molar-refractivity contribution in [3.63, 3.8) is 0 Å². The fourth-order valence-corrected chi connectivity index (χ4v) is 8.91. The molecule has 1 saturated carbocycles.